The van der Waals surface area contributed by atoms with E-state index >= 15 is 0 Å². The molecule has 0 amide bonds. The maximum Gasteiger partial charge on any atom is 0.673 e. The first-order valence-corrected chi connectivity index (χ1v) is 9.87. The van der Waals surface area contributed by atoms with E-state index in [1.165, 1.54) is 12.8 Å². The Hall–Kier alpha value is -1.17. The topological polar surface area (TPSA) is 90.0 Å². The molecule has 0 aliphatic rings. The number of methoxy groups -OCH3 is 1. The highest BCUT2D eigenvalue weighted by Crippen LogP contribution is 2.06. The number of nitrogens with zero attached hydrogens (tertiary/aromatic N) is 2. The lowest BCUT2D eigenvalue weighted by atomic mass is 10.2. The van der Waals surface area contributed by atoms with Gasteiger partial charge in [-0.1, -0.05) is 26.7 Å². The summed E-state index contributed by atoms with van der Waals surface area (Å²) < 4.78 is 48.2. The fourth-order valence-corrected chi connectivity index (χ4v) is 1.13. The van der Waals surface area contributed by atoms with Gasteiger partial charge in [0.05, 0.1) is 19.2 Å². The molecule has 1 rings (SSSR count). The van der Waals surface area contributed by atoms with Crippen molar-refractivity contribution in [2.24, 2.45) is 7.05 Å². The minimum atomic E-state index is -6.00. The van der Waals surface area contributed by atoms with Crippen molar-refractivity contribution in [3.63, 3.8) is 0 Å². The van der Waals surface area contributed by atoms with Crippen LogP contribution in [0.15, 0.2) is 18.7 Å². The third-order valence-corrected chi connectivity index (χ3v) is 2.72. The van der Waals surface area contributed by atoms with Gasteiger partial charge in [-0.3, -0.25) is 0 Å². The molecular formula is C19H45BF4N2O4. The summed E-state index contributed by atoms with van der Waals surface area (Å²) in [6.07, 6.45) is 10.9. The van der Waals surface area contributed by atoms with Crippen molar-refractivity contribution >= 4 is 7.25 Å². The second-order valence-corrected chi connectivity index (χ2v) is 6.88. The molecule has 1 aromatic rings. The van der Waals surface area contributed by atoms with Crippen LogP contribution in [0.3, 0.4) is 0 Å². The van der Waals surface area contributed by atoms with Gasteiger partial charge < -0.3 is 37.7 Å². The van der Waals surface area contributed by atoms with E-state index in [1.807, 2.05) is 27.8 Å². The average molecular weight is 452 g/mol. The number of halogens is 4. The van der Waals surface area contributed by atoms with Crippen LogP contribution in [-0.2, 0) is 18.3 Å². The third kappa shape index (κ3) is 63.2. The summed E-state index contributed by atoms with van der Waals surface area (Å²) in [7, 11) is -2.25. The Bertz CT molecular complexity index is 421. The number of ether oxygens (including phenoxy) is 1. The Labute approximate surface area is 180 Å². The van der Waals surface area contributed by atoms with Gasteiger partial charge in [-0.2, -0.15) is 0 Å². The predicted molar refractivity (Wildman–Crippen MR) is 116 cm³/mol. The molecule has 1 aromatic heterocycles. The second-order valence-electron chi connectivity index (χ2n) is 6.88. The molecule has 0 saturated heterocycles. The Morgan fingerprint density at radius 2 is 1.37 bits per heavy atom. The minimum absolute atomic E-state index is 0. The maximum absolute atomic E-state index is 9.75. The summed E-state index contributed by atoms with van der Waals surface area (Å²) in [5.74, 6) is 0. The molecule has 4 N–H and O–H groups in total. The summed E-state index contributed by atoms with van der Waals surface area (Å²) >= 11 is 0. The van der Waals surface area contributed by atoms with E-state index < -0.39 is 7.25 Å². The standard InChI is InChI=1S/C8H15N2.C5H12O.C4H10O.C2H6O.BF4.H2O/c1-3-4-5-10-7-6-9(2)8-10;1-5(2,3)6-4;1-2-3-4-5;1-2-3;2-1(3,4)5;/h6-8H,3-5H2,1-2H3;1-4H3;5H,2-4H2,1H3;3H,2H2,1H3;;1H2/q+1;;;;-1;. The SMILES string of the molecule is CCCCO.CCCC[n+]1ccn(C)c1.CCO.COC(C)(C)C.F[B-](F)(F)F.O. The molecule has 0 aliphatic carbocycles. The predicted octanol–water partition coefficient (Wildman–Crippen LogP) is 3.80. The molecule has 11 heteroatoms. The lowest BCUT2D eigenvalue weighted by molar-refractivity contribution is -0.696. The molecule has 0 radical (unpaired) electrons. The highest BCUT2D eigenvalue weighted by molar-refractivity contribution is 6.50. The third-order valence-electron chi connectivity index (χ3n) is 2.72. The second kappa shape index (κ2) is 25.9. The van der Waals surface area contributed by atoms with E-state index in [4.69, 9.17) is 14.9 Å². The van der Waals surface area contributed by atoms with Crippen LogP contribution < -0.4 is 4.57 Å². The van der Waals surface area contributed by atoms with Gasteiger partial charge in [0, 0.05) is 20.3 Å². The molecule has 0 spiro atoms. The molecule has 6 nitrogen and oxygen atoms in total. The smallest absolute Gasteiger partial charge is 0.418 e. The highest BCUT2D eigenvalue weighted by atomic mass is 19.5. The van der Waals surface area contributed by atoms with Crippen molar-refractivity contribution in [1.82, 2.24) is 4.57 Å². The van der Waals surface area contributed by atoms with Gasteiger partial charge in [0.15, 0.2) is 0 Å². The van der Waals surface area contributed by atoms with E-state index in [0.717, 1.165) is 19.4 Å². The number of aliphatic hydroxyl groups is 2. The van der Waals surface area contributed by atoms with Crippen molar-refractivity contribution < 1.29 is 42.3 Å². The molecule has 0 fully saturated rings. The molecule has 0 unspecified atom stereocenters. The molecule has 0 atom stereocenters. The molecule has 30 heavy (non-hydrogen) atoms. The molecule has 0 aromatic carbocycles. The zero-order valence-electron chi connectivity index (χ0n) is 20.0. The first-order chi connectivity index (χ1) is 13.2. The van der Waals surface area contributed by atoms with Crippen LogP contribution in [0, 0.1) is 0 Å². The quantitative estimate of drug-likeness (QED) is 0.405. The summed E-state index contributed by atoms with van der Waals surface area (Å²) in [4.78, 5) is 0. The summed E-state index contributed by atoms with van der Waals surface area (Å²) in [5, 5.41) is 15.6. The average Bonchev–Trinajstić information content (AvgIpc) is 2.99. The van der Waals surface area contributed by atoms with E-state index in [2.05, 4.69) is 41.7 Å². The fourth-order valence-electron chi connectivity index (χ4n) is 1.13. The number of rotatable bonds is 5. The van der Waals surface area contributed by atoms with Gasteiger partial charge >= 0.3 is 7.25 Å². The van der Waals surface area contributed by atoms with E-state index in [-0.39, 0.29) is 17.7 Å². The van der Waals surface area contributed by atoms with E-state index in [1.54, 1.807) is 14.0 Å². The zero-order valence-corrected chi connectivity index (χ0v) is 20.0. The van der Waals surface area contributed by atoms with Crippen LogP contribution in [0.5, 0.6) is 0 Å². The summed E-state index contributed by atoms with van der Waals surface area (Å²) in [5.41, 5.74) is 0.0417. The number of hydrogen-bond acceptors (Lipinski definition) is 3. The van der Waals surface area contributed by atoms with Gasteiger partial charge in [-0.25, -0.2) is 9.13 Å². The molecule has 186 valence electrons. The largest absolute Gasteiger partial charge is 0.673 e. The number of imidazole rings is 1. The summed E-state index contributed by atoms with van der Waals surface area (Å²) in [6, 6.07) is 0. The Morgan fingerprint density at radius 1 is 1.00 bits per heavy atom. The number of aromatic nitrogens is 2. The number of unbranched alkanes of at least 4 members (excludes halogenated alkanes) is 2. The van der Waals surface area contributed by atoms with Crippen LogP contribution in [0.1, 0.15) is 67.2 Å². The van der Waals surface area contributed by atoms with Crippen molar-refractivity contribution in [1.29, 1.82) is 0 Å². The number of aliphatic hydroxyl groups excluding tert-OH is 2. The van der Waals surface area contributed by atoms with Crippen LogP contribution in [0.2, 0.25) is 0 Å². The molecule has 0 saturated carbocycles. The lowest BCUT2D eigenvalue weighted by Gasteiger charge is -2.14. The zero-order chi connectivity index (χ0) is 23.9. The van der Waals surface area contributed by atoms with Gasteiger partial charge in [0.25, 0.3) is 0 Å². The normalized spacial score (nSPS) is 9.80. The molecule has 1 heterocycles. The van der Waals surface area contributed by atoms with Gasteiger partial charge in [-0.05, 0) is 40.5 Å². The first kappa shape index (κ1) is 39.3. The van der Waals surface area contributed by atoms with E-state index in [9.17, 15) is 17.3 Å². The summed E-state index contributed by atoms with van der Waals surface area (Å²) in [6.45, 7) is 13.8. The number of hydrogen-bond donors (Lipinski definition) is 2. The van der Waals surface area contributed by atoms with Crippen molar-refractivity contribution in [2.75, 3.05) is 20.3 Å². The van der Waals surface area contributed by atoms with Crippen LogP contribution in [-0.4, -0.2) is 53.4 Å². The Kier molecular flexibility index (Phi) is 33.9. The maximum atomic E-state index is 9.75. The molecule has 0 aliphatic heterocycles. The van der Waals surface area contributed by atoms with Crippen molar-refractivity contribution in [2.45, 2.75) is 79.4 Å². The molecular weight excluding hydrogens is 407 g/mol. The fraction of sp³-hybridized carbons (Fsp3) is 0.842. The van der Waals surface area contributed by atoms with Crippen LogP contribution in [0.25, 0.3) is 0 Å². The lowest BCUT2D eigenvalue weighted by Crippen LogP contribution is -2.30. The van der Waals surface area contributed by atoms with Crippen LogP contribution in [0.4, 0.5) is 17.3 Å². The Balaban J connectivity index is -0.0000000919. The highest BCUT2D eigenvalue weighted by Gasteiger charge is 2.20. The Morgan fingerprint density at radius 3 is 1.53 bits per heavy atom. The minimum Gasteiger partial charge on any atom is -0.418 e. The number of aryl methyl sites for hydroxylation is 2. The van der Waals surface area contributed by atoms with Gasteiger partial charge in [0.1, 0.15) is 12.4 Å². The van der Waals surface area contributed by atoms with Crippen molar-refractivity contribution in [3.8, 4) is 0 Å². The van der Waals surface area contributed by atoms with Crippen molar-refractivity contribution in [3.05, 3.63) is 18.7 Å². The molecule has 0 bridgehead atoms. The monoisotopic (exact) mass is 452 g/mol. The van der Waals surface area contributed by atoms with Gasteiger partial charge in [0.2, 0.25) is 6.33 Å². The van der Waals surface area contributed by atoms with Gasteiger partial charge in [-0.15, -0.1) is 0 Å². The van der Waals surface area contributed by atoms with E-state index in [0.29, 0.717) is 6.61 Å². The first-order valence-electron chi connectivity index (χ1n) is 9.87. The van der Waals surface area contributed by atoms with Crippen LogP contribution >= 0.6 is 0 Å².